The van der Waals surface area contributed by atoms with Gasteiger partial charge < -0.3 is 20.2 Å². The van der Waals surface area contributed by atoms with E-state index in [2.05, 4.69) is 11.9 Å². The lowest BCUT2D eigenvalue weighted by molar-refractivity contribution is -0.135. The molecule has 0 atom stereocenters. The number of benzene rings is 1. The molecule has 1 aliphatic rings. The van der Waals surface area contributed by atoms with Crippen molar-refractivity contribution < 1.29 is 14.7 Å². The van der Waals surface area contributed by atoms with Gasteiger partial charge in [0.15, 0.2) is 0 Å². The average Bonchev–Trinajstić information content (AvgIpc) is 2.56. The second-order valence-electron chi connectivity index (χ2n) is 5.38. The topological polar surface area (TPSA) is 72.9 Å². The van der Waals surface area contributed by atoms with Crippen molar-refractivity contribution in [3.63, 3.8) is 0 Å². The number of aryl methyl sites for hydroxylation is 1. The van der Waals surface area contributed by atoms with Crippen molar-refractivity contribution in [3.05, 3.63) is 35.4 Å². The molecule has 0 spiro atoms. The number of hydrogen-bond donors (Lipinski definition) is 2. The number of nitrogens with zero attached hydrogens (tertiary/aromatic N) is 2. The van der Waals surface area contributed by atoms with E-state index in [9.17, 15) is 14.7 Å². The van der Waals surface area contributed by atoms with Crippen molar-refractivity contribution in [1.82, 2.24) is 9.80 Å². The van der Waals surface area contributed by atoms with Crippen molar-refractivity contribution in [2.45, 2.75) is 6.92 Å². The maximum Gasteiger partial charge on any atom is 0.246 e. The van der Waals surface area contributed by atoms with Crippen LogP contribution in [0.15, 0.2) is 24.8 Å². The first-order chi connectivity index (χ1) is 10.9. The largest absolute Gasteiger partial charge is 0.506 e. The Bertz CT molecular complexity index is 625. The van der Waals surface area contributed by atoms with Crippen LogP contribution in [0.1, 0.15) is 5.56 Å². The highest BCUT2D eigenvalue weighted by molar-refractivity contribution is 6.31. The van der Waals surface area contributed by atoms with Gasteiger partial charge in [-0.2, -0.15) is 0 Å². The Morgan fingerprint density at radius 2 is 1.91 bits per heavy atom. The van der Waals surface area contributed by atoms with Crippen LogP contribution in [0, 0.1) is 6.92 Å². The maximum atomic E-state index is 12.2. The van der Waals surface area contributed by atoms with Gasteiger partial charge >= 0.3 is 0 Å². The van der Waals surface area contributed by atoms with Crippen LogP contribution in [0.3, 0.4) is 0 Å². The average molecular weight is 338 g/mol. The number of phenolic OH excluding ortho intramolecular Hbond substituents is 1. The van der Waals surface area contributed by atoms with Crippen molar-refractivity contribution in [2.24, 2.45) is 0 Å². The number of aromatic hydroxyl groups is 1. The van der Waals surface area contributed by atoms with E-state index in [0.29, 0.717) is 36.9 Å². The lowest BCUT2D eigenvalue weighted by Gasteiger charge is -2.34. The predicted octanol–water partition coefficient (Wildman–Crippen LogP) is 1.62. The molecule has 0 unspecified atom stereocenters. The van der Waals surface area contributed by atoms with Gasteiger partial charge in [0.2, 0.25) is 11.8 Å². The zero-order chi connectivity index (χ0) is 17.0. The van der Waals surface area contributed by atoms with Gasteiger partial charge in [-0.1, -0.05) is 18.2 Å². The summed E-state index contributed by atoms with van der Waals surface area (Å²) in [5.41, 5.74) is 1.29. The van der Waals surface area contributed by atoms with Crippen molar-refractivity contribution in [1.29, 1.82) is 0 Å². The molecule has 23 heavy (non-hydrogen) atoms. The lowest BCUT2D eigenvalue weighted by Crippen LogP contribution is -2.51. The number of nitrogens with one attached hydrogen (secondary N) is 1. The van der Waals surface area contributed by atoms with Crippen LogP contribution in [0.4, 0.5) is 5.69 Å². The summed E-state index contributed by atoms with van der Waals surface area (Å²) in [5, 5.41) is 13.2. The molecular weight excluding hydrogens is 318 g/mol. The Hall–Kier alpha value is -2.21. The fourth-order valence-electron chi connectivity index (χ4n) is 2.40. The van der Waals surface area contributed by atoms with Crippen LogP contribution in [-0.4, -0.2) is 59.4 Å². The van der Waals surface area contributed by atoms with E-state index in [0.717, 1.165) is 5.56 Å². The zero-order valence-corrected chi connectivity index (χ0v) is 13.8. The highest BCUT2D eigenvalue weighted by Crippen LogP contribution is 2.29. The van der Waals surface area contributed by atoms with E-state index in [4.69, 9.17) is 11.6 Å². The Balaban J connectivity index is 1.88. The third-order valence-corrected chi connectivity index (χ3v) is 4.23. The third kappa shape index (κ3) is 4.16. The number of rotatable bonds is 4. The predicted molar refractivity (Wildman–Crippen MR) is 89.7 cm³/mol. The van der Waals surface area contributed by atoms with Gasteiger partial charge in [-0.05, 0) is 24.6 Å². The molecule has 124 valence electrons. The molecule has 0 aromatic heterocycles. The minimum absolute atomic E-state index is 0.00907. The lowest BCUT2D eigenvalue weighted by atomic mass is 10.2. The molecule has 6 nitrogen and oxygen atoms in total. The smallest absolute Gasteiger partial charge is 0.246 e. The van der Waals surface area contributed by atoms with Crippen LogP contribution in [0.5, 0.6) is 5.75 Å². The summed E-state index contributed by atoms with van der Waals surface area (Å²) < 4.78 is 0. The highest BCUT2D eigenvalue weighted by Gasteiger charge is 2.22. The van der Waals surface area contributed by atoms with Crippen LogP contribution in [-0.2, 0) is 9.59 Å². The molecule has 0 aliphatic carbocycles. The van der Waals surface area contributed by atoms with Gasteiger partial charge in [0.1, 0.15) is 5.75 Å². The molecule has 0 bridgehead atoms. The highest BCUT2D eigenvalue weighted by atomic mass is 35.5. The number of carbonyl (C=O) groups excluding carboxylic acids is 2. The normalized spacial score (nSPS) is 14.5. The summed E-state index contributed by atoms with van der Waals surface area (Å²) in [5.74, 6) is -0.186. The molecule has 1 saturated heterocycles. The molecule has 2 rings (SSSR count). The van der Waals surface area contributed by atoms with E-state index >= 15 is 0 Å². The van der Waals surface area contributed by atoms with E-state index in [-0.39, 0.29) is 24.1 Å². The second kappa shape index (κ2) is 7.37. The molecule has 0 radical (unpaired) electrons. The molecule has 1 fully saturated rings. The van der Waals surface area contributed by atoms with Gasteiger partial charge in [-0.3, -0.25) is 9.59 Å². The summed E-state index contributed by atoms with van der Waals surface area (Å²) in [4.78, 5) is 27.1. The fourth-order valence-corrected chi connectivity index (χ4v) is 2.56. The van der Waals surface area contributed by atoms with Crippen LogP contribution in [0.2, 0.25) is 5.02 Å². The number of piperazine rings is 1. The molecule has 1 heterocycles. The van der Waals surface area contributed by atoms with Crippen molar-refractivity contribution in [3.8, 4) is 5.75 Å². The van der Waals surface area contributed by atoms with Crippen molar-refractivity contribution in [2.75, 3.05) is 38.0 Å². The second-order valence-corrected chi connectivity index (χ2v) is 5.79. The van der Waals surface area contributed by atoms with E-state index in [1.54, 1.807) is 15.9 Å². The number of hydrogen-bond acceptors (Lipinski definition) is 4. The Morgan fingerprint density at radius 3 is 2.52 bits per heavy atom. The number of carbonyl (C=O) groups is 2. The maximum absolute atomic E-state index is 12.2. The fraction of sp³-hybridized carbons (Fsp3) is 0.375. The van der Waals surface area contributed by atoms with Crippen LogP contribution < -0.4 is 5.32 Å². The van der Waals surface area contributed by atoms with E-state index in [1.165, 1.54) is 12.1 Å². The van der Waals surface area contributed by atoms with E-state index < -0.39 is 0 Å². The SMILES string of the molecule is C=CC(=O)N1CCN(C(=O)CNc2cc(C)c(Cl)cc2O)CC1. The van der Waals surface area contributed by atoms with Gasteiger partial charge in [0.05, 0.1) is 12.2 Å². The van der Waals surface area contributed by atoms with Crippen LogP contribution >= 0.6 is 11.6 Å². The quantitative estimate of drug-likeness (QED) is 0.647. The molecule has 1 aliphatic heterocycles. The summed E-state index contributed by atoms with van der Waals surface area (Å²) in [6.07, 6.45) is 1.28. The number of anilines is 1. The van der Waals surface area contributed by atoms with Crippen LogP contribution in [0.25, 0.3) is 0 Å². The Morgan fingerprint density at radius 1 is 1.30 bits per heavy atom. The molecule has 1 aromatic rings. The molecule has 2 amide bonds. The van der Waals surface area contributed by atoms with E-state index in [1.807, 2.05) is 6.92 Å². The van der Waals surface area contributed by atoms with Gasteiger partial charge in [0.25, 0.3) is 0 Å². The minimum Gasteiger partial charge on any atom is -0.506 e. The molecule has 2 N–H and O–H groups in total. The van der Waals surface area contributed by atoms with Gasteiger partial charge in [0, 0.05) is 37.3 Å². The molecule has 7 heteroatoms. The zero-order valence-electron chi connectivity index (χ0n) is 13.0. The first-order valence-electron chi connectivity index (χ1n) is 7.34. The number of phenols is 1. The first kappa shape index (κ1) is 17.1. The Labute approximate surface area is 140 Å². The third-order valence-electron chi connectivity index (χ3n) is 3.83. The first-order valence-corrected chi connectivity index (χ1v) is 7.72. The molecule has 0 saturated carbocycles. The molecule has 1 aromatic carbocycles. The standard InChI is InChI=1S/C16H20ClN3O3/c1-3-15(22)19-4-6-20(7-5-19)16(23)10-18-13-8-11(2)12(17)9-14(13)21/h3,8-9,18,21H,1,4-7,10H2,2H3. The summed E-state index contributed by atoms with van der Waals surface area (Å²) in [6.45, 7) is 7.34. The molecular formula is C16H20ClN3O3. The van der Waals surface area contributed by atoms with Gasteiger partial charge in [-0.25, -0.2) is 0 Å². The monoisotopic (exact) mass is 337 g/mol. The van der Waals surface area contributed by atoms with Gasteiger partial charge in [-0.15, -0.1) is 0 Å². The number of halogens is 1. The van der Waals surface area contributed by atoms with Crippen molar-refractivity contribution >= 4 is 29.1 Å². The minimum atomic E-state index is -0.114. The summed E-state index contributed by atoms with van der Waals surface area (Å²) >= 11 is 5.92. The summed E-state index contributed by atoms with van der Waals surface area (Å²) in [7, 11) is 0. The Kier molecular flexibility index (Phi) is 5.50. The number of amides is 2. The summed E-state index contributed by atoms with van der Waals surface area (Å²) in [6, 6.07) is 3.15.